The van der Waals surface area contributed by atoms with E-state index < -0.39 is 134 Å². The van der Waals surface area contributed by atoms with Gasteiger partial charge in [0.1, 0.15) is 11.5 Å². The number of carbonyl (C=O) groups is 4. The van der Waals surface area contributed by atoms with Crippen molar-refractivity contribution < 1.29 is 55.0 Å². The van der Waals surface area contributed by atoms with Gasteiger partial charge in [0.2, 0.25) is 23.6 Å². The van der Waals surface area contributed by atoms with Crippen LogP contribution in [-0.2, 0) is 23.9 Å². The third-order valence-corrected chi connectivity index (χ3v) is 20.5. The number of allylic oxidation sites excluding steroid dienone is 2. The molecule has 4 saturated heterocycles. The standard InChI is InChI=1S/C40H42F6N2O6Si2/c1-55(2,3)23-11-17-15-7-8-16(53-22(17)12-24(23)56(4,5)6)14-48-35(51)27-20-10-21(28(27)36(48)52)32-31(20)37(39(41,42)43)29-18-9-19(30(29)38(32,54-37)40(44,45)46)26-25(18)33(49)47(13-15)34(26)50/h7-8,11-12,18-21,25-32H,9-10,13-14H2,1-6H3/t18-,19+,20+,21-,25-,26+,27+,28-,29-,30+,31+,32-,37-,38+. The fourth-order valence-electron chi connectivity index (χ4n) is 14.8. The number of fused-ring (bicyclic) bond motifs is 1. The Balaban J connectivity index is 1.14. The third-order valence-electron chi connectivity index (χ3n) is 16.2. The summed E-state index contributed by atoms with van der Waals surface area (Å²) in [5, 5.41) is 2.34. The zero-order valence-corrected chi connectivity index (χ0v) is 33.7. The molecule has 56 heavy (non-hydrogen) atoms. The highest BCUT2D eigenvalue weighted by molar-refractivity contribution is 6.98. The quantitative estimate of drug-likeness (QED) is 0.236. The van der Waals surface area contributed by atoms with Crippen molar-refractivity contribution in [3.63, 3.8) is 0 Å². The number of alkyl halides is 6. The van der Waals surface area contributed by atoms with Crippen molar-refractivity contribution in [1.82, 2.24) is 9.80 Å². The van der Waals surface area contributed by atoms with Gasteiger partial charge in [0.05, 0.1) is 52.9 Å². The van der Waals surface area contributed by atoms with Gasteiger partial charge in [-0.05, 0) is 54.2 Å². The molecule has 1 aromatic carbocycles. The molecule has 12 rings (SSSR count). The molecule has 4 aliphatic carbocycles. The van der Waals surface area contributed by atoms with Crippen molar-refractivity contribution in [3.05, 3.63) is 35.6 Å². The topological polar surface area (TPSA) is 93.2 Å². The number of amides is 4. The minimum Gasteiger partial charge on any atom is -0.459 e. The van der Waals surface area contributed by atoms with Crippen molar-refractivity contribution in [2.24, 2.45) is 71.0 Å². The lowest BCUT2D eigenvalue weighted by molar-refractivity contribution is -0.329. The fraction of sp³-hybridized carbons (Fsp3) is 0.650. The summed E-state index contributed by atoms with van der Waals surface area (Å²) < 4.78 is 109. The van der Waals surface area contributed by atoms with E-state index >= 15 is 26.3 Å². The number of imide groups is 2. The molecule has 7 aliphatic heterocycles. The van der Waals surface area contributed by atoms with Crippen LogP contribution in [0, 0.1) is 71.0 Å². The van der Waals surface area contributed by atoms with Crippen molar-refractivity contribution in [3.8, 4) is 5.75 Å². The first-order valence-corrected chi connectivity index (χ1v) is 26.8. The maximum Gasteiger partial charge on any atom is 0.418 e. The lowest BCUT2D eigenvalue weighted by Gasteiger charge is -2.53. The monoisotopic (exact) mass is 816 g/mol. The Hall–Kier alpha value is -3.25. The highest BCUT2D eigenvalue weighted by Crippen LogP contribution is 2.86. The highest BCUT2D eigenvalue weighted by atomic mass is 28.3. The summed E-state index contributed by atoms with van der Waals surface area (Å²) in [6, 6.07) is 4.06. The summed E-state index contributed by atoms with van der Waals surface area (Å²) >= 11 is 0. The van der Waals surface area contributed by atoms with Gasteiger partial charge in [-0.3, -0.25) is 29.0 Å². The predicted molar refractivity (Wildman–Crippen MR) is 192 cm³/mol. The number of rotatable bonds is 2. The van der Waals surface area contributed by atoms with Crippen LogP contribution in [0.1, 0.15) is 18.4 Å². The molecule has 0 N–H and O–H groups in total. The zero-order chi connectivity index (χ0) is 39.9. The molecule has 8 nitrogen and oxygen atoms in total. The fourth-order valence-corrected chi connectivity index (χ4v) is 19.9. The summed E-state index contributed by atoms with van der Waals surface area (Å²) in [6.07, 6.45) is -7.50. The second-order valence-corrected chi connectivity index (χ2v) is 30.4. The first-order valence-electron chi connectivity index (χ1n) is 19.8. The van der Waals surface area contributed by atoms with Gasteiger partial charge in [-0.2, -0.15) is 26.3 Å². The molecule has 7 heterocycles. The minimum absolute atomic E-state index is 0.118. The van der Waals surface area contributed by atoms with Crippen molar-refractivity contribution in [2.45, 2.75) is 75.7 Å². The number of nitrogens with zero attached hydrogens (tertiary/aromatic N) is 2. The van der Waals surface area contributed by atoms with Gasteiger partial charge >= 0.3 is 12.4 Å². The molecule has 16 heteroatoms. The molecule has 298 valence electrons. The molecule has 14 atom stereocenters. The van der Waals surface area contributed by atoms with Crippen LogP contribution >= 0.6 is 0 Å². The average molecular weight is 817 g/mol. The van der Waals surface area contributed by atoms with Crippen LogP contribution in [0.15, 0.2) is 30.0 Å². The van der Waals surface area contributed by atoms with E-state index in [1.54, 1.807) is 12.2 Å². The Kier molecular flexibility index (Phi) is 6.49. The van der Waals surface area contributed by atoms with Gasteiger partial charge in [-0.25, -0.2) is 0 Å². The molecular formula is C40H42F6N2O6Si2. The molecule has 14 bridgehead atoms. The first-order chi connectivity index (χ1) is 25.9. The van der Waals surface area contributed by atoms with Crippen LogP contribution < -0.4 is 15.1 Å². The van der Waals surface area contributed by atoms with Gasteiger partial charge in [-0.1, -0.05) is 61.8 Å². The lowest BCUT2D eigenvalue weighted by atomic mass is 9.46. The molecule has 0 spiro atoms. The van der Waals surface area contributed by atoms with Crippen LogP contribution in [-0.4, -0.2) is 86.2 Å². The van der Waals surface area contributed by atoms with Crippen molar-refractivity contribution in [1.29, 1.82) is 0 Å². The van der Waals surface area contributed by atoms with Crippen molar-refractivity contribution >= 4 is 55.7 Å². The van der Waals surface area contributed by atoms with Gasteiger partial charge in [0, 0.05) is 29.2 Å². The Labute approximate surface area is 321 Å². The van der Waals surface area contributed by atoms with E-state index in [2.05, 4.69) is 45.3 Å². The largest absolute Gasteiger partial charge is 0.459 e. The Morgan fingerprint density at radius 1 is 0.607 bits per heavy atom. The first kappa shape index (κ1) is 35.9. The van der Waals surface area contributed by atoms with Crippen LogP contribution in [0.2, 0.25) is 39.3 Å². The molecule has 0 aromatic heterocycles. The average Bonchev–Trinajstić information content (AvgIpc) is 3.93. The number of hydrogen-bond donors (Lipinski definition) is 0. The van der Waals surface area contributed by atoms with E-state index in [0.29, 0.717) is 16.9 Å². The summed E-state index contributed by atoms with van der Waals surface area (Å²) in [4.78, 5) is 60.0. The summed E-state index contributed by atoms with van der Waals surface area (Å²) in [5.74, 6) is -18.6. The van der Waals surface area contributed by atoms with Crippen LogP contribution in [0.4, 0.5) is 26.3 Å². The van der Waals surface area contributed by atoms with E-state index in [1.165, 1.54) is 10.4 Å². The van der Waals surface area contributed by atoms with E-state index in [1.807, 2.05) is 6.07 Å². The number of ether oxygens (including phenoxy) is 2. The van der Waals surface area contributed by atoms with Gasteiger partial charge in [-0.15, -0.1) is 0 Å². The molecule has 11 aliphatic rings. The molecular weight excluding hydrogens is 775 g/mol. The van der Waals surface area contributed by atoms with E-state index in [4.69, 9.17) is 9.47 Å². The molecule has 0 radical (unpaired) electrons. The highest BCUT2D eigenvalue weighted by Gasteiger charge is 2.97. The summed E-state index contributed by atoms with van der Waals surface area (Å²) in [5.41, 5.74) is -5.44. The lowest BCUT2D eigenvalue weighted by Crippen LogP contribution is -2.66. The second kappa shape index (κ2) is 10.1. The summed E-state index contributed by atoms with van der Waals surface area (Å²) in [7, 11) is -4.05. The summed E-state index contributed by atoms with van der Waals surface area (Å²) in [6.45, 7) is 12.7. The maximum absolute atomic E-state index is 16.0. The van der Waals surface area contributed by atoms with Crippen LogP contribution in [0.5, 0.6) is 5.75 Å². The van der Waals surface area contributed by atoms with E-state index in [0.717, 1.165) is 9.80 Å². The van der Waals surface area contributed by atoms with Gasteiger partial charge < -0.3 is 9.47 Å². The third kappa shape index (κ3) is 3.80. The number of carbonyl (C=O) groups excluding carboxylic acids is 4. The zero-order valence-electron chi connectivity index (χ0n) is 31.7. The Bertz CT molecular complexity index is 2100. The van der Waals surface area contributed by atoms with Gasteiger partial charge in [0.15, 0.2) is 11.2 Å². The minimum atomic E-state index is -5.28. The number of halogens is 6. The Morgan fingerprint density at radius 3 is 1.39 bits per heavy atom. The van der Waals surface area contributed by atoms with Crippen LogP contribution in [0.25, 0.3) is 5.57 Å². The molecule has 1 aromatic rings. The number of benzene rings is 1. The normalized spacial score (nSPS) is 43.9. The second-order valence-electron chi connectivity index (χ2n) is 20.4. The predicted octanol–water partition coefficient (Wildman–Crippen LogP) is 5.06. The van der Waals surface area contributed by atoms with E-state index in [9.17, 15) is 19.2 Å². The molecule has 0 unspecified atom stereocenters. The molecule has 4 saturated carbocycles. The van der Waals surface area contributed by atoms with Crippen LogP contribution in [0.3, 0.4) is 0 Å². The van der Waals surface area contributed by atoms with E-state index in [-0.39, 0.29) is 31.7 Å². The van der Waals surface area contributed by atoms with Crippen molar-refractivity contribution in [2.75, 3.05) is 13.1 Å². The molecule has 4 amide bonds. The smallest absolute Gasteiger partial charge is 0.418 e. The SMILES string of the molecule is C[Si](C)(C)c1cc2c(cc1[Si](C)(C)C)C1=CC=C(CN3C(=O)[C@@H]4[C@H]5C[C@@H]([C@@H]4C3=O)[C@H]3[C@@H]5[C@@]4(C(F)(F)F)O[C@]3(C(F)(F)F)[C@@H]3[C@@H]5C[C@@H]([C@@H]6C(=O)N(C1)C(=O)[C@H]56)[C@@H]34)O2. The molecule has 8 fully saturated rings. The Morgan fingerprint density at radius 2 is 1.00 bits per heavy atom. The maximum atomic E-state index is 16.0. The van der Waals surface area contributed by atoms with Gasteiger partial charge in [0.25, 0.3) is 0 Å². The number of hydrogen-bond acceptors (Lipinski definition) is 6.